The van der Waals surface area contributed by atoms with Crippen LogP contribution in [-0.2, 0) is 13.1 Å². The molecule has 0 aliphatic heterocycles. The molecule has 0 unspecified atom stereocenters. The molecule has 27 heavy (non-hydrogen) atoms. The number of carbonyl (C=O) groups excluding carboxylic acids is 1. The van der Waals surface area contributed by atoms with Gasteiger partial charge in [0.2, 0.25) is 0 Å². The topological polar surface area (TPSA) is 103 Å². The van der Waals surface area contributed by atoms with Crippen molar-refractivity contribution in [2.24, 2.45) is 17.4 Å². The van der Waals surface area contributed by atoms with Gasteiger partial charge in [0.1, 0.15) is 0 Å². The molecule has 2 aromatic carbocycles. The standard InChI is InChI=1S/C21H24N4O2/c1-13(2)12-25-18(11-22)19(14-6-4-3-5-7-14)17-10-15(24-21(23)27)8-9-16(17)20(25)26/h3-10,13H,11-12,22H2,1-2H3,(H3,23,24,27). The Hall–Kier alpha value is -3.12. The summed E-state index contributed by atoms with van der Waals surface area (Å²) in [6, 6.07) is 14.4. The summed E-state index contributed by atoms with van der Waals surface area (Å²) < 4.78 is 1.77. The van der Waals surface area contributed by atoms with E-state index in [1.54, 1.807) is 22.8 Å². The largest absolute Gasteiger partial charge is 0.351 e. The lowest BCUT2D eigenvalue weighted by Crippen LogP contribution is -2.28. The first-order valence-electron chi connectivity index (χ1n) is 8.93. The van der Waals surface area contributed by atoms with Gasteiger partial charge in [-0.2, -0.15) is 0 Å². The molecule has 3 aromatic rings. The van der Waals surface area contributed by atoms with E-state index in [0.29, 0.717) is 23.5 Å². The van der Waals surface area contributed by atoms with Crippen molar-refractivity contribution < 1.29 is 4.79 Å². The van der Waals surface area contributed by atoms with Gasteiger partial charge in [0, 0.05) is 35.4 Å². The van der Waals surface area contributed by atoms with Crippen LogP contribution >= 0.6 is 0 Å². The smallest absolute Gasteiger partial charge is 0.316 e. The molecule has 0 aliphatic rings. The second-order valence-corrected chi connectivity index (χ2v) is 6.95. The Balaban J connectivity index is 2.42. The minimum atomic E-state index is -0.650. The highest BCUT2D eigenvalue weighted by molar-refractivity contribution is 6.00. The molecule has 6 heteroatoms. The van der Waals surface area contributed by atoms with Crippen LogP contribution in [-0.4, -0.2) is 10.6 Å². The average molecular weight is 364 g/mol. The lowest BCUT2D eigenvalue weighted by Gasteiger charge is -2.21. The second kappa shape index (κ2) is 7.63. The number of fused-ring (bicyclic) bond motifs is 1. The van der Waals surface area contributed by atoms with Crippen molar-refractivity contribution in [3.05, 3.63) is 64.6 Å². The number of amides is 2. The molecular formula is C21H24N4O2. The maximum Gasteiger partial charge on any atom is 0.316 e. The van der Waals surface area contributed by atoms with E-state index in [-0.39, 0.29) is 12.1 Å². The van der Waals surface area contributed by atoms with Gasteiger partial charge in [-0.05, 0) is 35.1 Å². The monoisotopic (exact) mass is 364 g/mol. The summed E-state index contributed by atoms with van der Waals surface area (Å²) in [5.74, 6) is 0.296. The molecule has 5 N–H and O–H groups in total. The molecule has 0 bridgehead atoms. The van der Waals surface area contributed by atoms with E-state index in [9.17, 15) is 9.59 Å². The van der Waals surface area contributed by atoms with Crippen LogP contribution in [0.4, 0.5) is 10.5 Å². The molecule has 3 rings (SSSR count). The summed E-state index contributed by atoms with van der Waals surface area (Å²) in [6.45, 7) is 4.95. The highest BCUT2D eigenvalue weighted by atomic mass is 16.2. The Labute approximate surface area is 157 Å². The molecule has 0 aliphatic carbocycles. The number of nitrogens with two attached hydrogens (primary N) is 2. The fourth-order valence-electron chi connectivity index (χ4n) is 3.41. The molecule has 140 valence electrons. The molecule has 2 amide bonds. The Morgan fingerprint density at radius 1 is 1.11 bits per heavy atom. The highest BCUT2D eigenvalue weighted by Crippen LogP contribution is 2.32. The Morgan fingerprint density at radius 3 is 2.41 bits per heavy atom. The molecule has 0 fully saturated rings. The third-order valence-corrected chi connectivity index (χ3v) is 4.45. The van der Waals surface area contributed by atoms with E-state index < -0.39 is 6.03 Å². The Bertz CT molecular complexity index is 1040. The number of benzene rings is 2. The van der Waals surface area contributed by atoms with Crippen LogP contribution in [0.25, 0.3) is 21.9 Å². The number of primary amides is 1. The predicted molar refractivity (Wildman–Crippen MR) is 110 cm³/mol. The SMILES string of the molecule is CC(C)Cn1c(CN)c(-c2ccccc2)c2cc(NC(N)=O)ccc2c1=O. The van der Waals surface area contributed by atoms with Gasteiger partial charge in [0.15, 0.2) is 0 Å². The van der Waals surface area contributed by atoms with Gasteiger partial charge in [-0.25, -0.2) is 4.79 Å². The quantitative estimate of drug-likeness (QED) is 0.647. The van der Waals surface area contributed by atoms with Crippen molar-refractivity contribution in [2.75, 3.05) is 5.32 Å². The van der Waals surface area contributed by atoms with Crippen LogP contribution < -0.4 is 22.3 Å². The molecule has 0 spiro atoms. The van der Waals surface area contributed by atoms with Gasteiger partial charge in [0.05, 0.1) is 0 Å². The number of aromatic nitrogens is 1. The number of pyridine rings is 1. The molecule has 1 aromatic heterocycles. The fourth-order valence-corrected chi connectivity index (χ4v) is 3.41. The minimum absolute atomic E-state index is 0.0792. The third-order valence-electron chi connectivity index (χ3n) is 4.45. The highest BCUT2D eigenvalue weighted by Gasteiger charge is 2.18. The van der Waals surface area contributed by atoms with Crippen LogP contribution in [0.15, 0.2) is 53.3 Å². The number of urea groups is 1. The van der Waals surface area contributed by atoms with E-state index in [2.05, 4.69) is 19.2 Å². The van der Waals surface area contributed by atoms with Crippen molar-refractivity contribution in [3.63, 3.8) is 0 Å². The van der Waals surface area contributed by atoms with E-state index in [1.807, 2.05) is 30.3 Å². The molecule has 1 heterocycles. The van der Waals surface area contributed by atoms with Crippen LogP contribution in [0.5, 0.6) is 0 Å². The summed E-state index contributed by atoms with van der Waals surface area (Å²) in [4.78, 5) is 24.4. The Kier molecular flexibility index (Phi) is 5.28. The van der Waals surface area contributed by atoms with Gasteiger partial charge in [-0.1, -0.05) is 44.2 Å². The lowest BCUT2D eigenvalue weighted by molar-refractivity contribution is 0.259. The number of anilines is 1. The first-order valence-corrected chi connectivity index (χ1v) is 8.93. The lowest BCUT2D eigenvalue weighted by atomic mass is 9.96. The van der Waals surface area contributed by atoms with E-state index in [0.717, 1.165) is 22.2 Å². The number of hydrogen-bond donors (Lipinski definition) is 3. The van der Waals surface area contributed by atoms with Gasteiger partial charge in [-0.15, -0.1) is 0 Å². The van der Waals surface area contributed by atoms with E-state index in [1.165, 1.54) is 0 Å². The number of hydrogen-bond acceptors (Lipinski definition) is 3. The van der Waals surface area contributed by atoms with E-state index in [4.69, 9.17) is 11.5 Å². The summed E-state index contributed by atoms with van der Waals surface area (Å²) in [5, 5.41) is 3.91. The van der Waals surface area contributed by atoms with Crippen molar-refractivity contribution in [1.29, 1.82) is 0 Å². The first-order chi connectivity index (χ1) is 12.9. The number of nitrogens with zero attached hydrogens (tertiary/aromatic N) is 1. The zero-order valence-corrected chi connectivity index (χ0v) is 15.5. The fraction of sp³-hybridized carbons (Fsp3) is 0.238. The van der Waals surface area contributed by atoms with Gasteiger partial charge >= 0.3 is 6.03 Å². The normalized spacial score (nSPS) is 11.1. The van der Waals surface area contributed by atoms with Gasteiger partial charge in [0.25, 0.3) is 5.56 Å². The summed E-state index contributed by atoms with van der Waals surface area (Å²) in [6.07, 6.45) is 0. The number of nitrogens with one attached hydrogen (secondary N) is 1. The maximum atomic E-state index is 13.2. The molecule has 0 saturated carbocycles. The van der Waals surface area contributed by atoms with Crippen LogP contribution in [0.3, 0.4) is 0 Å². The van der Waals surface area contributed by atoms with Crippen LogP contribution in [0.1, 0.15) is 19.5 Å². The predicted octanol–water partition coefficient (Wildman–Crippen LogP) is 3.27. The van der Waals surface area contributed by atoms with Gasteiger partial charge < -0.3 is 21.4 Å². The Morgan fingerprint density at radius 2 is 1.81 bits per heavy atom. The number of rotatable bonds is 5. The molecular weight excluding hydrogens is 340 g/mol. The van der Waals surface area contributed by atoms with Gasteiger partial charge in [-0.3, -0.25) is 4.79 Å². The summed E-state index contributed by atoms with van der Waals surface area (Å²) in [5.41, 5.74) is 14.5. The van der Waals surface area contributed by atoms with E-state index >= 15 is 0 Å². The minimum Gasteiger partial charge on any atom is -0.351 e. The maximum absolute atomic E-state index is 13.2. The van der Waals surface area contributed by atoms with Crippen molar-refractivity contribution >= 4 is 22.5 Å². The molecule has 6 nitrogen and oxygen atoms in total. The first kappa shape index (κ1) is 18.7. The van der Waals surface area contributed by atoms with Crippen molar-refractivity contribution in [3.8, 4) is 11.1 Å². The number of carbonyl (C=O) groups is 1. The summed E-state index contributed by atoms with van der Waals surface area (Å²) >= 11 is 0. The zero-order chi connectivity index (χ0) is 19.6. The second-order valence-electron chi connectivity index (χ2n) is 6.95. The average Bonchev–Trinajstić information content (AvgIpc) is 2.63. The summed E-state index contributed by atoms with van der Waals surface area (Å²) in [7, 11) is 0. The van der Waals surface area contributed by atoms with Crippen molar-refractivity contribution in [1.82, 2.24) is 4.57 Å². The molecule has 0 saturated heterocycles. The molecule has 0 radical (unpaired) electrons. The third kappa shape index (κ3) is 3.71. The van der Waals surface area contributed by atoms with Crippen LogP contribution in [0, 0.1) is 5.92 Å². The van der Waals surface area contributed by atoms with Crippen LogP contribution in [0.2, 0.25) is 0 Å². The zero-order valence-electron chi connectivity index (χ0n) is 15.5. The van der Waals surface area contributed by atoms with Crippen molar-refractivity contribution in [2.45, 2.75) is 26.9 Å². The molecule has 0 atom stereocenters.